The number of carbonyl (C=O) groups is 2. The lowest BCUT2D eigenvalue weighted by molar-refractivity contribution is -0.147. The number of rotatable bonds is 3. The first-order chi connectivity index (χ1) is 8.84. The Morgan fingerprint density at radius 1 is 1.37 bits per heavy atom. The molecule has 1 aliphatic heterocycles. The lowest BCUT2D eigenvalue weighted by atomic mass is 10.0. The standard InChI is InChI=1S/C14H18N2O3/c1-14(2,13(18)19)16(3)12(17)10-4-5-11-9(8-10)6-7-15-11/h4-5,8,15H,6-7H2,1-3H3,(H,18,19). The van der Waals surface area contributed by atoms with E-state index < -0.39 is 11.5 Å². The van der Waals surface area contributed by atoms with Crippen LogP contribution in [0.25, 0.3) is 0 Å². The Morgan fingerprint density at radius 3 is 2.68 bits per heavy atom. The van der Waals surface area contributed by atoms with E-state index in [0.717, 1.165) is 24.2 Å². The summed E-state index contributed by atoms with van der Waals surface area (Å²) in [4.78, 5) is 24.8. The van der Waals surface area contributed by atoms with Crippen LogP contribution in [-0.2, 0) is 11.2 Å². The maximum absolute atomic E-state index is 12.3. The molecular weight excluding hydrogens is 244 g/mol. The smallest absolute Gasteiger partial charge is 0.329 e. The predicted octanol–water partition coefficient (Wildman–Crippen LogP) is 1.59. The molecule has 0 radical (unpaired) electrons. The van der Waals surface area contributed by atoms with Crippen molar-refractivity contribution in [2.75, 3.05) is 18.9 Å². The number of nitrogens with zero attached hydrogens (tertiary/aromatic N) is 1. The molecule has 0 bridgehead atoms. The molecule has 19 heavy (non-hydrogen) atoms. The topological polar surface area (TPSA) is 69.6 Å². The highest BCUT2D eigenvalue weighted by Crippen LogP contribution is 2.24. The second-order valence-corrected chi connectivity index (χ2v) is 5.28. The number of likely N-dealkylation sites (N-methyl/N-ethyl adjacent to an activating group) is 1. The Kier molecular flexibility index (Phi) is 3.22. The molecule has 1 heterocycles. The fourth-order valence-corrected chi connectivity index (χ4v) is 2.03. The van der Waals surface area contributed by atoms with E-state index in [4.69, 9.17) is 5.11 Å². The van der Waals surface area contributed by atoms with E-state index in [9.17, 15) is 9.59 Å². The van der Waals surface area contributed by atoms with Crippen molar-refractivity contribution in [3.05, 3.63) is 29.3 Å². The summed E-state index contributed by atoms with van der Waals surface area (Å²) in [7, 11) is 1.52. The SMILES string of the molecule is CN(C(=O)c1ccc2c(c1)CCN2)C(C)(C)C(=O)O. The third kappa shape index (κ3) is 2.28. The van der Waals surface area contributed by atoms with E-state index in [2.05, 4.69) is 5.32 Å². The van der Waals surface area contributed by atoms with Gasteiger partial charge in [-0.1, -0.05) is 0 Å². The van der Waals surface area contributed by atoms with Gasteiger partial charge in [-0.2, -0.15) is 0 Å². The van der Waals surface area contributed by atoms with Gasteiger partial charge in [0, 0.05) is 24.8 Å². The van der Waals surface area contributed by atoms with Gasteiger partial charge in [0.05, 0.1) is 0 Å². The quantitative estimate of drug-likeness (QED) is 0.868. The number of carboxylic acids is 1. The van der Waals surface area contributed by atoms with Gasteiger partial charge in [-0.15, -0.1) is 0 Å². The maximum Gasteiger partial charge on any atom is 0.329 e. The van der Waals surface area contributed by atoms with Crippen molar-refractivity contribution in [3.63, 3.8) is 0 Å². The molecule has 0 fully saturated rings. The summed E-state index contributed by atoms with van der Waals surface area (Å²) in [6.07, 6.45) is 0.891. The Hall–Kier alpha value is -2.04. The summed E-state index contributed by atoms with van der Waals surface area (Å²) >= 11 is 0. The summed E-state index contributed by atoms with van der Waals surface area (Å²) < 4.78 is 0. The first-order valence-electron chi connectivity index (χ1n) is 6.22. The summed E-state index contributed by atoms with van der Waals surface area (Å²) in [5, 5.41) is 12.4. The van der Waals surface area contributed by atoms with Crippen LogP contribution in [0.1, 0.15) is 29.8 Å². The number of carbonyl (C=O) groups excluding carboxylic acids is 1. The number of anilines is 1. The number of hydrogen-bond donors (Lipinski definition) is 2. The van der Waals surface area contributed by atoms with Gasteiger partial charge in [0.2, 0.25) is 0 Å². The molecule has 5 nitrogen and oxygen atoms in total. The molecule has 1 aliphatic rings. The minimum atomic E-state index is -1.23. The molecule has 0 saturated carbocycles. The normalized spacial score (nSPS) is 13.6. The molecule has 1 amide bonds. The zero-order valence-corrected chi connectivity index (χ0v) is 11.4. The highest BCUT2D eigenvalue weighted by Gasteiger charge is 2.35. The summed E-state index contributed by atoms with van der Waals surface area (Å²) in [6, 6.07) is 5.44. The number of carboxylic acid groups (broad SMARTS) is 1. The number of benzene rings is 1. The summed E-state index contributed by atoms with van der Waals surface area (Å²) in [5.74, 6) is -1.30. The van der Waals surface area contributed by atoms with Crippen molar-refractivity contribution in [2.24, 2.45) is 0 Å². The average molecular weight is 262 g/mol. The third-order valence-electron chi connectivity index (χ3n) is 3.73. The van der Waals surface area contributed by atoms with Gasteiger partial charge < -0.3 is 15.3 Å². The van der Waals surface area contributed by atoms with Crippen LogP contribution < -0.4 is 5.32 Å². The highest BCUT2D eigenvalue weighted by molar-refractivity contribution is 5.98. The van der Waals surface area contributed by atoms with E-state index in [-0.39, 0.29) is 5.91 Å². The first kappa shape index (κ1) is 13.4. The number of amides is 1. The lowest BCUT2D eigenvalue weighted by Gasteiger charge is -2.31. The lowest BCUT2D eigenvalue weighted by Crippen LogP contribution is -2.50. The van der Waals surface area contributed by atoms with Gasteiger partial charge in [0.1, 0.15) is 5.54 Å². The average Bonchev–Trinajstić information content (AvgIpc) is 2.83. The number of nitrogens with one attached hydrogen (secondary N) is 1. The summed E-state index contributed by atoms with van der Waals surface area (Å²) in [6.45, 7) is 3.91. The zero-order chi connectivity index (χ0) is 14.2. The Morgan fingerprint density at radius 2 is 2.05 bits per heavy atom. The van der Waals surface area contributed by atoms with Crippen molar-refractivity contribution in [1.82, 2.24) is 4.90 Å². The Labute approximate surface area is 112 Å². The van der Waals surface area contributed by atoms with E-state index in [1.165, 1.54) is 25.8 Å². The molecule has 1 aromatic carbocycles. The molecule has 0 spiro atoms. The van der Waals surface area contributed by atoms with E-state index in [1.807, 2.05) is 12.1 Å². The molecule has 0 unspecified atom stereocenters. The van der Waals surface area contributed by atoms with Crippen LogP contribution in [0.15, 0.2) is 18.2 Å². The zero-order valence-electron chi connectivity index (χ0n) is 11.4. The second-order valence-electron chi connectivity index (χ2n) is 5.28. The Bertz CT molecular complexity index is 537. The fraction of sp³-hybridized carbons (Fsp3) is 0.429. The number of hydrogen-bond acceptors (Lipinski definition) is 3. The van der Waals surface area contributed by atoms with Crippen molar-refractivity contribution in [2.45, 2.75) is 25.8 Å². The molecule has 5 heteroatoms. The molecule has 1 aromatic rings. The van der Waals surface area contributed by atoms with E-state index >= 15 is 0 Å². The molecule has 2 N–H and O–H groups in total. The van der Waals surface area contributed by atoms with Gasteiger partial charge in [-0.3, -0.25) is 4.79 Å². The molecule has 0 aliphatic carbocycles. The summed E-state index contributed by atoms with van der Waals surface area (Å²) in [5.41, 5.74) is 1.46. The minimum Gasteiger partial charge on any atom is -0.480 e. The van der Waals surface area contributed by atoms with Crippen LogP contribution in [0.3, 0.4) is 0 Å². The van der Waals surface area contributed by atoms with Crippen molar-refractivity contribution in [1.29, 1.82) is 0 Å². The van der Waals surface area contributed by atoms with Crippen LogP contribution in [0.5, 0.6) is 0 Å². The highest BCUT2D eigenvalue weighted by atomic mass is 16.4. The molecule has 0 aromatic heterocycles. The van der Waals surface area contributed by atoms with E-state index in [1.54, 1.807) is 6.07 Å². The maximum atomic E-state index is 12.3. The Balaban J connectivity index is 2.27. The monoisotopic (exact) mass is 262 g/mol. The van der Waals surface area contributed by atoms with Crippen LogP contribution in [0.4, 0.5) is 5.69 Å². The minimum absolute atomic E-state index is 0.276. The first-order valence-corrected chi connectivity index (χ1v) is 6.22. The largest absolute Gasteiger partial charge is 0.480 e. The van der Waals surface area contributed by atoms with Crippen LogP contribution in [0, 0.1) is 0 Å². The van der Waals surface area contributed by atoms with E-state index in [0.29, 0.717) is 5.56 Å². The van der Waals surface area contributed by atoms with Crippen LogP contribution in [0.2, 0.25) is 0 Å². The molecule has 102 valence electrons. The van der Waals surface area contributed by atoms with Gasteiger partial charge in [0.25, 0.3) is 5.91 Å². The van der Waals surface area contributed by atoms with Crippen LogP contribution >= 0.6 is 0 Å². The molecule has 0 atom stereocenters. The van der Waals surface area contributed by atoms with Crippen molar-refractivity contribution < 1.29 is 14.7 Å². The predicted molar refractivity (Wildman–Crippen MR) is 72.4 cm³/mol. The van der Waals surface area contributed by atoms with Crippen molar-refractivity contribution >= 4 is 17.6 Å². The third-order valence-corrected chi connectivity index (χ3v) is 3.73. The number of fused-ring (bicyclic) bond motifs is 1. The second kappa shape index (κ2) is 4.57. The van der Waals surface area contributed by atoms with Gasteiger partial charge in [-0.05, 0) is 44.0 Å². The molecule has 2 rings (SSSR count). The fourth-order valence-electron chi connectivity index (χ4n) is 2.03. The van der Waals surface area contributed by atoms with Gasteiger partial charge in [0.15, 0.2) is 0 Å². The van der Waals surface area contributed by atoms with Crippen LogP contribution in [-0.4, -0.2) is 41.0 Å². The van der Waals surface area contributed by atoms with Gasteiger partial charge in [-0.25, -0.2) is 4.79 Å². The number of aliphatic carboxylic acids is 1. The molecule has 0 saturated heterocycles. The molecular formula is C14H18N2O3. The van der Waals surface area contributed by atoms with Gasteiger partial charge >= 0.3 is 5.97 Å². The van der Waals surface area contributed by atoms with Crippen molar-refractivity contribution in [3.8, 4) is 0 Å².